The third kappa shape index (κ3) is 7.46. The van der Waals surface area contributed by atoms with Crippen molar-refractivity contribution in [3.63, 3.8) is 0 Å². The number of anilines is 6. The summed E-state index contributed by atoms with van der Waals surface area (Å²) < 4.78 is 7.95. The fourth-order valence-corrected chi connectivity index (χ4v) is 16.0. The van der Waals surface area contributed by atoms with Gasteiger partial charge in [-0.1, -0.05) is 165 Å². The van der Waals surface area contributed by atoms with Crippen LogP contribution in [0.2, 0.25) is 0 Å². The molecule has 4 heteroatoms. The van der Waals surface area contributed by atoms with E-state index in [9.17, 15) is 0 Å². The molecule has 0 spiro atoms. The van der Waals surface area contributed by atoms with Gasteiger partial charge in [-0.15, -0.1) is 0 Å². The molecule has 7 aliphatic rings. The zero-order valence-corrected chi connectivity index (χ0v) is 51.0. The standard InChI is InChI=1S/C76H83BN2O/c1-69(2,3)48-27-28-60(50(37-48)46-23-19-17-20-24-46)79-64-39-49(70(4,5)6)38-63-66(64)77(68-67(79)52-41-57-58(45-65(52)80-68)76(16)35-33-75(57,15)34-36-76)59-42-54-56(74(13,14)32-30-72(54,9)10)44-62(59)78(63)61-43-55-53(71(7,8)29-31-73(55,11)12)40-51(61)47-25-21-18-22-26-47/h18-19,21-28,37-45H,29-36H2,1-16H3. The third-order valence-corrected chi connectivity index (χ3v) is 21.8. The second kappa shape index (κ2) is 16.6. The van der Waals surface area contributed by atoms with Crippen molar-refractivity contribution in [2.24, 2.45) is 0 Å². The van der Waals surface area contributed by atoms with Crippen LogP contribution < -0.4 is 26.4 Å². The highest BCUT2D eigenvalue weighted by molar-refractivity contribution is 7.00. The Hall–Kier alpha value is -6.44. The molecule has 1 saturated carbocycles. The molecule has 7 aromatic carbocycles. The van der Waals surface area contributed by atoms with E-state index < -0.39 is 0 Å². The quantitative estimate of drug-likeness (QED) is 0.164. The maximum absolute atomic E-state index is 7.95. The van der Waals surface area contributed by atoms with Crippen LogP contribution in [0.25, 0.3) is 33.2 Å². The zero-order chi connectivity index (χ0) is 56.2. The van der Waals surface area contributed by atoms with Gasteiger partial charge in [-0.2, -0.15) is 0 Å². The average Bonchev–Trinajstić information content (AvgIpc) is 3.96. The molecule has 80 heavy (non-hydrogen) atoms. The Morgan fingerprint density at radius 3 is 1.56 bits per heavy atom. The lowest BCUT2D eigenvalue weighted by atomic mass is 9.35. The van der Waals surface area contributed by atoms with Crippen LogP contribution in [0.5, 0.6) is 0 Å². The predicted octanol–water partition coefficient (Wildman–Crippen LogP) is 18.8. The molecule has 0 atom stereocenters. The highest BCUT2D eigenvalue weighted by Crippen LogP contribution is 2.60. The molecule has 8 aromatic rings. The van der Waals surface area contributed by atoms with Gasteiger partial charge < -0.3 is 14.2 Å². The molecular weight excluding hydrogens is 968 g/mol. The summed E-state index contributed by atoms with van der Waals surface area (Å²) in [5, 5.41) is 1.22. The van der Waals surface area contributed by atoms with Crippen molar-refractivity contribution in [2.45, 2.75) is 205 Å². The van der Waals surface area contributed by atoms with E-state index >= 15 is 0 Å². The third-order valence-electron chi connectivity index (χ3n) is 21.8. The van der Waals surface area contributed by atoms with E-state index in [4.69, 9.17) is 4.42 Å². The summed E-state index contributed by atoms with van der Waals surface area (Å²) in [5.74, 6) is 0. The van der Waals surface area contributed by atoms with Crippen molar-refractivity contribution in [3.05, 3.63) is 172 Å². The summed E-state index contributed by atoms with van der Waals surface area (Å²) >= 11 is 0. The molecule has 15 rings (SSSR count). The number of furan rings is 1. The zero-order valence-electron chi connectivity index (χ0n) is 51.0. The Bertz CT molecular complexity index is 3900. The van der Waals surface area contributed by atoms with Crippen LogP contribution in [-0.4, -0.2) is 6.71 Å². The first-order valence-corrected chi connectivity index (χ1v) is 30.4. The summed E-state index contributed by atoms with van der Waals surface area (Å²) in [6, 6.07) is 52.6. The smallest absolute Gasteiger partial charge is 0.297 e. The molecule has 2 aliphatic heterocycles. The molecule has 0 N–H and O–H groups in total. The Kier molecular flexibility index (Phi) is 10.7. The van der Waals surface area contributed by atoms with Crippen molar-refractivity contribution < 1.29 is 4.42 Å². The molecule has 2 bridgehead atoms. The van der Waals surface area contributed by atoms with Gasteiger partial charge in [0, 0.05) is 33.6 Å². The first-order chi connectivity index (χ1) is 37.6. The largest absolute Gasteiger partial charge is 0.468 e. The molecule has 0 radical (unpaired) electrons. The van der Waals surface area contributed by atoms with E-state index in [1.807, 2.05) is 6.07 Å². The van der Waals surface area contributed by atoms with Crippen LogP contribution in [0.1, 0.15) is 207 Å². The number of nitrogens with zero attached hydrogens (tertiary/aromatic N) is 2. The minimum atomic E-state index is -0.200. The van der Waals surface area contributed by atoms with Gasteiger partial charge in [-0.05, 0) is 234 Å². The van der Waals surface area contributed by atoms with Gasteiger partial charge in [-0.25, -0.2) is 0 Å². The summed E-state index contributed by atoms with van der Waals surface area (Å²) in [4.78, 5) is 5.46. The maximum atomic E-state index is 7.95. The van der Waals surface area contributed by atoms with Crippen LogP contribution in [0, 0.1) is 12.1 Å². The summed E-state index contributed by atoms with van der Waals surface area (Å²) in [6.07, 6.45) is 9.46. The number of fused-ring (bicyclic) bond motifs is 10. The number of benzene rings is 6. The number of hydrogen-bond donors (Lipinski definition) is 0. The van der Waals surface area contributed by atoms with E-state index in [1.165, 1.54) is 132 Å². The minimum Gasteiger partial charge on any atom is -0.468 e. The lowest BCUT2D eigenvalue weighted by molar-refractivity contribution is 0.188. The molecule has 3 heterocycles. The van der Waals surface area contributed by atoms with Crippen molar-refractivity contribution in [1.29, 1.82) is 0 Å². The van der Waals surface area contributed by atoms with Crippen LogP contribution in [0.3, 0.4) is 0 Å². The van der Waals surface area contributed by atoms with E-state index in [0.717, 1.165) is 48.2 Å². The second-order valence-corrected chi connectivity index (χ2v) is 31.1. The van der Waals surface area contributed by atoms with E-state index in [0.29, 0.717) is 0 Å². The van der Waals surface area contributed by atoms with Gasteiger partial charge in [0.1, 0.15) is 5.58 Å². The Morgan fingerprint density at radius 2 is 0.988 bits per heavy atom. The van der Waals surface area contributed by atoms with Crippen LogP contribution >= 0.6 is 0 Å². The molecule has 5 aliphatic carbocycles. The Balaban J connectivity index is 1.18. The maximum Gasteiger partial charge on any atom is 0.297 e. The monoisotopic (exact) mass is 1050 g/mol. The molecule has 1 fully saturated rings. The molecule has 0 amide bonds. The molecular formula is C76H83BN2O. The molecule has 3 nitrogen and oxygen atoms in total. The van der Waals surface area contributed by atoms with Gasteiger partial charge in [0.25, 0.3) is 6.71 Å². The average molecular weight is 1050 g/mol. The normalized spacial score (nSPS) is 22.4. The van der Waals surface area contributed by atoms with E-state index in [-0.39, 0.29) is 50.0 Å². The van der Waals surface area contributed by atoms with Crippen LogP contribution in [0.4, 0.5) is 34.1 Å². The van der Waals surface area contributed by atoms with Gasteiger partial charge in [0.15, 0.2) is 0 Å². The fourth-order valence-electron chi connectivity index (χ4n) is 16.0. The number of hydrogen-bond acceptors (Lipinski definition) is 3. The summed E-state index contributed by atoms with van der Waals surface area (Å²) in [7, 11) is 0. The van der Waals surface area contributed by atoms with E-state index in [1.54, 1.807) is 0 Å². The Morgan fingerprint density at radius 1 is 0.450 bits per heavy atom. The van der Waals surface area contributed by atoms with Crippen molar-refractivity contribution >= 4 is 68.4 Å². The van der Waals surface area contributed by atoms with Gasteiger partial charge in [0.2, 0.25) is 0 Å². The van der Waals surface area contributed by atoms with Crippen molar-refractivity contribution in [3.8, 4) is 22.3 Å². The van der Waals surface area contributed by atoms with Gasteiger partial charge in [-0.3, -0.25) is 0 Å². The van der Waals surface area contributed by atoms with Crippen molar-refractivity contribution in [1.82, 2.24) is 0 Å². The van der Waals surface area contributed by atoms with Gasteiger partial charge >= 0.3 is 0 Å². The lowest BCUT2D eigenvalue weighted by Crippen LogP contribution is -2.61. The number of rotatable bonds is 4. The Labute approximate surface area is 479 Å². The first kappa shape index (κ1) is 51.7. The highest BCUT2D eigenvalue weighted by atomic mass is 16.3. The fraction of sp³-hybridized carbons (Fsp3) is 0.421. The van der Waals surface area contributed by atoms with Gasteiger partial charge in [0.05, 0.1) is 22.7 Å². The molecule has 0 saturated heterocycles. The second-order valence-electron chi connectivity index (χ2n) is 31.1. The molecule has 406 valence electrons. The lowest BCUT2D eigenvalue weighted by Gasteiger charge is -2.52. The summed E-state index contributed by atoms with van der Waals surface area (Å²) in [6.45, 7) is 39.1. The van der Waals surface area contributed by atoms with Crippen LogP contribution in [0.15, 0.2) is 120 Å². The van der Waals surface area contributed by atoms with Crippen LogP contribution in [-0.2, 0) is 43.3 Å². The summed E-state index contributed by atoms with van der Waals surface area (Å²) in [5.41, 5.74) is 28.4. The topological polar surface area (TPSA) is 19.6 Å². The minimum absolute atomic E-state index is 0.0144. The van der Waals surface area contributed by atoms with E-state index in [2.05, 4.69) is 242 Å². The molecule has 0 unspecified atom stereocenters. The predicted molar refractivity (Wildman–Crippen MR) is 340 cm³/mol. The SMILES string of the molecule is CC(C)(C)c1ccc(N2c3cc(C(C)(C)C)cc4c3B(c3cc5c(cc3N4c3cc4c(cc3-c3ccccc3)C(C)(C)CCC4(C)C)C(C)(C)CCC5(C)C)c3oc4cc5c(cc4c32)C2(C)CCC5(C)CC2)c(-c2cc#ccc2)c1. The van der Waals surface area contributed by atoms with Crippen molar-refractivity contribution in [2.75, 3.05) is 9.80 Å². The highest BCUT2D eigenvalue weighted by Gasteiger charge is 2.53. The molecule has 1 aromatic heterocycles. The first-order valence-electron chi connectivity index (χ1n) is 30.4.